The summed E-state index contributed by atoms with van der Waals surface area (Å²) in [5, 5.41) is 6.85. The van der Waals surface area contributed by atoms with Crippen LogP contribution in [0.25, 0.3) is 0 Å². The van der Waals surface area contributed by atoms with Crippen molar-refractivity contribution in [2.24, 2.45) is 5.73 Å². The monoisotopic (exact) mass is 261 g/mol. The van der Waals surface area contributed by atoms with Crippen LogP contribution >= 0.6 is 0 Å². The summed E-state index contributed by atoms with van der Waals surface area (Å²) in [7, 11) is 0. The first-order chi connectivity index (χ1) is 9.08. The van der Waals surface area contributed by atoms with Crippen LogP contribution in [-0.4, -0.2) is 22.6 Å². The van der Waals surface area contributed by atoms with E-state index in [1.165, 1.54) is 0 Å². The smallest absolute Gasteiger partial charge is 0.250 e. The van der Waals surface area contributed by atoms with Gasteiger partial charge in [-0.15, -0.1) is 0 Å². The number of primary amides is 1. The molecule has 5 N–H and O–H groups in total. The lowest BCUT2D eigenvalue weighted by atomic mass is 10.1. The molecule has 0 bridgehead atoms. The fraction of sp³-hybridized carbons (Fsp3) is 0.250. The third-order valence-corrected chi connectivity index (χ3v) is 2.58. The van der Waals surface area contributed by atoms with Crippen molar-refractivity contribution in [1.82, 2.24) is 10.1 Å². The maximum absolute atomic E-state index is 11.3. The Morgan fingerprint density at radius 1 is 1.47 bits per heavy atom. The van der Waals surface area contributed by atoms with Gasteiger partial charge in [0.05, 0.1) is 16.9 Å². The molecule has 19 heavy (non-hydrogen) atoms. The van der Waals surface area contributed by atoms with Gasteiger partial charge in [0.1, 0.15) is 0 Å². The van der Waals surface area contributed by atoms with Gasteiger partial charge in [-0.3, -0.25) is 4.79 Å². The molecule has 0 radical (unpaired) electrons. The lowest BCUT2D eigenvalue weighted by Gasteiger charge is -2.11. The van der Waals surface area contributed by atoms with Crippen molar-refractivity contribution in [2.45, 2.75) is 13.3 Å². The molecular weight excluding hydrogens is 246 g/mol. The van der Waals surface area contributed by atoms with E-state index >= 15 is 0 Å². The molecule has 100 valence electrons. The summed E-state index contributed by atoms with van der Waals surface area (Å²) in [6.07, 6.45) is 0.559. The van der Waals surface area contributed by atoms with E-state index in [0.717, 1.165) is 0 Å². The second kappa shape index (κ2) is 5.38. The normalized spacial score (nSPS) is 10.4. The molecule has 1 amide bonds. The van der Waals surface area contributed by atoms with Crippen molar-refractivity contribution in [3.05, 3.63) is 35.5 Å². The summed E-state index contributed by atoms with van der Waals surface area (Å²) in [6, 6.07) is 5.01. The van der Waals surface area contributed by atoms with Crippen LogP contribution in [0.2, 0.25) is 0 Å². The zero-order valence-corrected chi connectivity index (χ0v) is 10.5. The van der Waals surface area contributed by atoms with Crippen LogP contribution in [0.3, 0.4) is 0 Å². The quantitative estimate of drug-likeness (QED) is 0.682. The molecule has 2 rings (SSSR count). The zero-order valence-electron chi connectivity index (χ0n) is 10.5. The summed E-state index contributed by atoms with van der Waals surface area (Å²) in [4.78, 5) is 15.4. The molecule has 0 fully saturated rings. The van der Waals surface area contributed by atoms with Crippen LogP contribution in [-0.2, 0) is 6.42 Å². The van der Waals surface area contributed by atoms with Gasteiger partial charge in [-0.25, -0.2) is 0 Å². The molecule has 7 nitrogen and oxygen atoms in total. The van der Waals surface area contributed by atoms with Gasteiger partial charge < -0.3 is 21.3 Å². The van der Waals surface area contributed by atoms with E-state index in [4.69, 9.17) is 16.0 Å². The van der Waals surface area contributed by atoms with E-state index in [1.54, 1.807) is 25.1 Å². The fourth-order valence-corrected chi connectivity index (χ4v) is 1.71. The predicted molar refractivity (Wildman–Crippen MR) is 70.6 cm³/mol. The van der Waals surface area contributed by atoms with E-state index in [1.807, 2.05) is 0 Å². The molecule has 0 unspecified atom stereocenters. The lowest BCUT2D eigenvalue weighted by molar-refractivity contribution is 0.100. The van der Waals surface area contributed by atoms with Crippen molar-refractivity contribution < 1.29 is 9.32 Å². The third kappa shape index (κ3) is 3.01. The van der Waals surface area contributed by atoms with Crippen LogP contribution in [0.1, 0.15) is 22.1 Å². The number of nitrogens with zero attached hydrogens (tertiary/aromatic N) is 2. The highest BCUT2D eigenvalue weighted by atomic mass is 16.5. The number of nitrogens with one attached hydrogen (secondary N) is 1. The summed E-state index contributed by atoms with van der Waals surface area (Å²) >= 11 is 0. The minimum Gasteiger partial charge on any atom is -0.397 e. The fourth-order valence-electron chi connectivity index (χ4n) is 1.71. The van der Waals surface area contributed by atoms with E-state index in [9.17, 15) is 4.79 Å². The number of para-hydroxylation sites is 1. The number of nitrogen functional groups attached to an aromatic ring is 1. The summed E-state index contributed by atoms with van der Waals surface area (Å²) < 4.78 is 4.87. The van der Waals surface area contributed by atoms with Gasteiger partial charge >= 0.3 is 0 Å². The maximum Gasteiger partial charge on any atom is 0.250 e. The van der Waals surface area contributed by atoms with Crippen molar-refractivity contribution in [3.8, 4) is 0 Å². The van der Waals surface area contributed by atoms with Gasteiger partial charge in [-0.05, 0) is 12.1 Å². The molecular formula is C12H15N5O2. The molecule has 1 heterocycles. The molecule has 7 heteroatoms. The third-order valence-electron chi connectivity index (χ3n) is 2.58. The molecule has 0 saturated carbocycles. The van der Waals surface area contributed by atoms with Crippen LogP contribution in [0.15, 0.2) is 22.7 Å². The Labute approximate surface area is 110 Å². The molecule has 1 aromatic heterocycles. The van der Waals surface area contributed by atoms with E-state index < -0.39 is 5.91 Å². The first-order valence-electron chi connectivity index (χ1n) is 5.79. The van der Waals surface area contributed by atoms with E-state index in [0.29, 0.717) is 41.6 Å². The summed E-state index contributed by atoms with van der Waals surface area (Å²) in [6.45, 7) is 2.25. The minimum atomic E-state index is -0.523. The van der Waals surface area contributed by atoms with Gasteiger partial charge in [0.15, 0.2) is 5.82 Å². The van der Waals surface area contributed by atoms with Crippen molar-refractivity contribution >= 4 is 17.3 Å². The Kier molecular flexibility index (Phi) is 3.65. The first-order valence-corrected chi connectivity index (χ1v) is 5.79. The van der Waals surface area contributed by atoms with Gasteiger partial charge in [0.25, 0.3) is 5.91 Å². The summed E-state index contributed by atoms with van der Waals surface area (Å²) in [5.74, 6) is 0.595. The highest BCUT2D eigenvalue weighted by Gasteiger charge is 2.10. The second-order valence-corrected chi connectivity index (χ2v) is 4.04. The summed E-state index contributed by atoms with van der Waals surface area (Å²) in [5.41, 5.74) is 12.5. The highest BCUT2D eigenvalue weighted by molar-refractivity contribution is 6.01. The average molecular weight is 261 g/mol. The van der Waals surface area contributed by atoms with Gasteiger partial charge in [0, 0.05) is 19.9 Å². The van der Waals surface area contributed by atoms with Gasteiger partial charge in [-0.2, -0.15) is 4.98 Å². The number of anilines is 2. The number of carbonyl (C=O) groups excluding carboxylic acids is 1. The molecule has 0 saturated heterocycles. The Bertz CT molecular complexity index is 594. The number of benzene rings is 1. The van der Waals surface area contributed by atoms with Gasteiger partial charge in [0.2, 0.25) is 5.89 Å². The molecule has 0 atom stereocenters. The van der Waals surface area contributed by atoms with Crippen molar-refractivity contribution in [2.75, 3.05) is 17.6 Å². The number of hydrogen-bond acceptors (Lipinski definition) is 6. The van der Waals surface area contributed by atoms with E-state index in [2.05, 4.69) is 15.5 Å². The zero-order chi connectivity index (χ0) is 13.8. The van der Waals surface area contributed by atoms with Crippen molar-refractivity contribution in [1.29, 1.82) is 0 Å². The maximum atomic E-state index is 11.3. The largest absolute Gasteiger partial charge is 0.397 e. The standard InChI is InChI=1S/C12H15N5O2/c1-7-16-10(17-19-7)5-6-15-11-8(12(14)18)3-2-4-9(11)13/h2-4,15H,5-6,13H2,1H3,(H2,14,18). The number of amides is 1. The number of carbonyl (C=O) groups is 1. The van der Waals surface area contributed by atoms with E-state index in [-0.39, 0.29) is 0 Å². The Balaban J connectivity index is 2.05. The van der Waals surface area contributed by atoms with Crippen molar-refractivity contribution in [3.63, 3.8) is 0 Å². The number of nitrogens with two attached hydrogens (primary N) is 2. The first kappa shape index (κ1) is 12.9. The Morgan fingerprint density at radius 3 is 2.89 bits per heavy atom. The molecule has 0 aliphatic carbocycles. The Hall–Kier alpha value is -2.57. The molecule has 0 aliphatic heterocycles. The predicted octanol–water partition coefficient (Wildman–Crippen LogP) is 0.714. The molecule has 2 aromatic rings. The molecule has 1 aromatic carbocycles. The average Bonchev–Trinajstić information content (AvgIpc) is 2.77. The molecule has 0 aliphatic rings. The Morgan fingerprint density at radius 2 is 2.26 bits per heavy atom. The van der Waals surface area contributed by atoms with Crippen LogP contribution in [0, 0.1) is 6.92 Å². The number of aryl methyl sites for hydroxylation is 1. The number of hydrogen-bond donors (Lipinski definition) is 3. The second-order valence-electron chi connectivity index (χ2n) is 4.04. The molecule has 0 spiro atoms. The topological polar surface area (TPSA) is 120 Å². The number of aromatic nitrogens is 2. The SMILES string of the molecule is Cc1nc(CCNc2c(N)cccc2C(N)=O)no1. The highest BCUT2D eigenvalue weighted by Crippen LogP contribution is 2.22. The van der Waals surface area contributed by atoms with Crippen LogP contribution < -0.4 is 16.8 Å². The lowest BCUT2D eigenvalue weighted by Crippen LogP contribution is -2.17. The number of rotatable bonds is 5. The van der Waals surface area contributed by atoms with Crippen LogP contribution in [0.5, 0.6) is 0 Å². The minimum absolute atomic E-state index is 0.365. The van der Waals surface area contributed by atoms with Gasteiger partial charge in [-0.1, -0.05) is 11.2 Å². The van der Waals surface area contributed by atoms with Crippen LogP contribution in [0.4, 0.5) is 11.4 Å².